The predicted molar refractivity (Wildman–Crippen MR) is 57.5 cm³/mol. The molecule has 0 aromatic heterocycles. The number of aliphatic carboxylic acids is 1. The number of thioether (sulfide) groups is 1. The van der Waals surface area contributed by atoms with Gasteiger partial charge in [0, 0.05) is 6.04 Å². The van der Waals surface area contributed by atoms with E-state index in [1.165, 1.54) is 11.8 Å². The standard InChI is InChI=1S/C9H17NO3S/c1-4-7(9(12)13)14-5-8(11)10-6(2)3/h6-7H,4-5H2,1-3H3,(H,10,11)(H,12,13). The van der Waals surface area contributed by atoms with E-state index in [0.717, 1.165) is 0 Å². The van der Waals surface area contributed by atoms with Gasteiger partial charge in [-0.1, -0.05) is 6.92 Å². The lowest BCUT2D eigenvalue weighted by Crippen LogP contribution is -2.32. The van der Waals surface area contributed by atoms with Crippen molar-refractivity contribution in [1.29, 1.82) is 0 Å². The maximum atomic E-state index is 11.2. The molecule has 5 heteroatoms. The quantitative estimate of drug-likeness (QED) is 0.702. The van der Waals surface area contributed by atoms with Crippen molar-refractivity contribution in [2.24, 2.45) is 0 Å². The third-order valence-corrected chi connectivity index (χ3v) is 2.88. The molecule has 0 aliphatic carbocycles. The van der Waals surface area contributed by atoms with Crippen molar-refractivity contribution in [2.75, 3.05) is 5.75 Å². The zero-order valence-corrected chi connectivity index (χ0v) is 9.56. The molecule has 0 rings (SSSR count). The van der Waals surface area contributed by atoms with Crippen LogP contribution in [0.2, 0.25) is 0 Å². The van der Waals surface area contributed by atoms with E-state index in [0.29, 0.717) is 6.42 Å². The average Bonchev–Trinajstić information content (AvgIpc) is 2.03. The van der Waals surface area contributed by atoms with Gasteiger partial charge in [0.2, 0.25) is 5.91 Å². The van der Waals surface area contributed by atoms with E-state index >= 15 is 0 Å². The van der Waals surface area contributed by atoms with Gasteiger partial charge >= 0.3 is 5.97 Å². The SMILES string of the molecule is CCC(SCC(=O)NC(C)C)C(=O)O. The van der Waals surface area contributed by atoms with Crippen molar-refractivity contribution in [2.45, 2.75) is 38.5 Å². The van der Waals surface area contributed by atoms with E-state index in [4.69, 9.17) is 5.11 Å². The van der Waals surface area contributed by atoms with Gasteiger partial charge in [0.1, 0.15) is 5.25 Å². The molecule has 0 saturated heterocycles. The van der Waals surface area contributed by atoms with Crippen LogP contribution in [0.5, 0.6) is 0 Å². The van der Waals surface area contributed by atoms with Gasteiger partial charge in [-0.05, 0) is 20.3 Å². The van der Waals surface area contributed by atoms with Gasteiger partial charge < -0.3 is 10.4 Å². The molecule has 1 unspecified atom stereocenters. The number of carbonyl (C=O) groups excluding carboxylic acids is 1. The Morgan fingerprint density at radius 2 is 2.00 bits per heavy atom. The summed E-state index contributed by atoms with van der Waals surface area (Å²) in [4.78, 5) is 21.8. The number of carbonyl (C=O) groups is 2. The lowest BCUT2D eigenvalue weighted by molar-refractivity contribution is -0.136. The van der Waals surface area contributed by atoms with E-state index in [-0.39, 0.29) is 17.7 Å². The molecule has 4 nitrogen and oxygen atoms in total. The van der Waals surface area contributed by atoms with E-state index in [1.54, 1.807) is 6.92 Å². The molecule has 0 aromatic rings. The second-order valence-electron chi connectivity index (χ2n) is 3.27. The Bertz CT molecular complexity index is 206. The van der Waals surface area contributed by atoms with E-state index in [9.17, 15) is 9.59 Å². The molecular formula is C9H17NO3S. The summed E-state index contributed by atoms with van der Waals surface area (Å²) in [6.07, 6.45) is 0.537. The minimum absolute atomic E-state index is 0.105. The number of rotatable bonds is 6. The van der Waals surface area contributed by atoms with Crippen LogP contribution < -0.4 is 5.32 Å². The highest BCUT2D eigenvalue weighted by molar-refractivity contribution is 8.01. The Balaban J connectivity index is 3.80. The molecule has 0 radical (unpaired) electrons. The van der Waals surface area contributed by atoms with Crippen LogP contribution in [-0.4, -0.2) is 34.0 Å². The van der Waals surface area contributed by atoms with Gasteiger partial charge in [-0.2, -0.15) is 0 Å². The number of amides is 1. The van der Waals surface area contributed by atoms with Gasteiger partial charge in [-0.25, -0.2) is 0 Å². The third-order valence-electron chi connectivity index (χ3n) is 1.51. The fourth-order valence-electron chi connectivity index (χ4n) is 0.904. The maximum Gasteiger partial charge on any atom is 0.316 e. The number of hydrogen-bond acceptors (Lipinski definition) is 3. The van der Waals surface area contributed by atoms with Crippen molar-refractivity contribution in [1.82, 2.24) is 5.32 Å². The predicted octanol–water partition coefficient (Wildman–Crippen LogP) is 1.11. The van der Waals surface area contributed by atoms with Gasteiger partial charge in [-0.3, -0.25) is 9.59 Å². The summed E-state index contributed by atoms with van der Waals surface area (Å²) < 4.78 is 0. The third kappa shape index (κ3) is 5.85. The van der Waals surface area contributed by atoms with Crippen molar-refractivity contribution in [3.05, 3.63) is 0 Å². The molecule has 0 aliphatic rings. The van der Waals surface area contributed by atoms with Crippen LogP contribution in [0.15, 0.2) is 0 Å². The van der Waals surface area contributed by atoms with Crippen LogP contribution in [0.1, 0.15) is 27.2 Å². The summed E-state index contributed by atoms with van der Waals surface area (Å²) in [5, 5.41) is 10.9. The Hall–Kier alpha value is -0.710. The van der Waals surface area contributed by atoms with Gasteiger partial charge in [-0.15, -0.1) is 11.8 Å². The molecule has 1 amide bonds. The first-order valence-corrected chi connectivity index (χ1v) is 5.66. The highest BCUT2D eigenvalue weighted by atomic mass is 32.2. The van der Waals surface area contributed by atoms with Crippen LogP contribution in [0.25, 0.3) is 0 Å². The number of carboxylic acid groups (broad SMARTS) is 1. The Morgan fingerprint density at radius 1 is 1.43 bits per heavy atom. The first-order chi connectivity index (χ1) is 6.47. The Labute approximate surface area is 88.4 Å². The lowest BCUT2D eigenvalue weighted by atomic mass is 10.3. The molecule has 14 heavy (non-hydrogen) atoms. The van der Waals surface area contributed by atoms with Crippen LogP contribution >= 0.6 is 11.8 Å². The van der Waals surface area contributed by atoms with Crippen LogP contribution in [-0.2, 0) is 9.59 Å². The highest BCUT2D eigenvalue weighted by Gasteiger charge is 2.16. The first kappa shape index (κ1) is 13.3. The van der Waals surface area contributed by atoms with Gasteiger partial charge in [0.25, 0.3) is 0 Å². The Morgan fingerprint density at radius 3 is 2.36 bits per heavy atom. The molecule has 0 aliphatic heterocycles. The molecule has 1 atom stereocenters. The largest absolute Gasteiger partial charge is 0.480 e. The van der Waals surface area contributed by atoms with E-state index < -0.39 is 11.2 Å². The fourth-order valence-corrected chi connectivity index (χ4v) is 1.72. The topological polar surface area (TPSA) is 66.4 Å². The first-order valence-electron chi connectivity index (χ1n) is 4.61. The minimum atomic E-state index is -0.852. The zero-order chi connectivity index (χ0) is 11.1. The monoisotopic (exact) mass is 219 g/mol. The molecule has 0 aromatic carbocycles. The van der Waals surface area contributed by atoms with Crippen LogP contribution in [0, 0.1) is 0 Å². The van der Waals surface area contributed by atoms with E-state index in [1.807, 2.05) is 13.8 Å². The summed E-state index contributed by atoms with van der Waals surface area (Å²) >= 11 is 1.17. The van der Waals surface area contributed by atoms with E-state index in [2.05, 4.69) is 5.32 Å². The normalized spacial score (nSPS) is 12.6. The maximum absolute atomic E-state index is 11.2. The average molecular weight is 219 g/mol. The summed E-state index contributed by atoms with van der Waals surface area (Å²) in [5.41, 5.74) is 0. The fraction of sp³-hybridized carbons (Fsp3) is 0.778. The van der Waals surface area contributed by atoms with Crippen molar-refractivity contribution in [3.63, 3.8) is 0 Å². The van der Waals surface area contributed by atoms with Crippen molar-refractivity contribution < 1.29 is 14.7 Å². The highest BCUT2D eigenvalue weighted by Crippen LogP contribution is 2.14. The summed E-state index contributed by atoms with van der Waals surface area (Å²) in [5.74, 6) is -0.747. The molecule has 82 valence electrons. The van der Waals surface area contributed by atoms with Crippen molar-refractivity contribution in [3.8, 4) is 0 Å². The lowest BCUT2D eigenvalue weighted by Gasteiger charge is -2.11. The summed E-state index contributed by atoms with van der Waals surface area (Å²) in [7, 11) is 0. The number of carboxylic acids is 1. The molecular weight excluding hydrogens is 202 g/mol. The second-order valence-corrected chi connectivity index (χ2v) is 4.46. The van der Waals surface area contributed by atoms with Crippen molar-refractivity contribution >= 4 is 23.6 Å². The molecule has 2 N–H and O–H groups in total. The minimum Gasteiger partial charge on any atom is -0.480 e. The summed E-state index contributed by atoms with van der Waals surface area (Å²) in [6.45, 7) is 5.54. The second kappa shape index (κ2) is 6.70. The van der Waals surface area contributed by atoms with Crippen LogP contribution in [0.3, 0.4) is 0 Å². The number of hydrogen-bond donors (Lipinski definition) is 2. The molecule has 0 fully saturated rings. The zero-order valence-electron chi connectivity index (χ0n) is 8.74. The molecule has 0 bridgehead atoms. The Kier molecular flexibility index (Phi) is 6.36. The number of nitrogens with one attached hydrogen (secondary N) is 1. The smallest absolute Gasteiger partial charge is 0.316 e. The molecule has 0 heterocycles. The molecule has 0 saturated carbocycles. The van der Waals surface area contributed by atoms with Gasteiger partial charge in [0.15, 0.2) is 0 Å². The van der Waals surface area contributed by atoms with Gasteiger partial charge in [0.05, 0.1) is 5.75 Å². The molecule has 0 spiro atoms. The van der Waals surface area contributed by atoms with Crippen LogP contribution in [0.4, 0.5) is 0 Å². The summed E-state index contributed by atoms with van der Waals surface area (Å²) in [6, 6.07) is 0.105.